The first-order chi connectivity index (χ1) is 17.0. The summed E-state index contributed by atoms with van der Waals surface area (Å²) in [6, 6.07) is 13.3. The third kappa shape index (κ3) is 5.19. The molecule has 1 saturated carbocycles. The second-order valence-electron chi connectivity index (χ2n) is 9.99. The Hall–Kier alpha value is -3.74. The van der Waals surface area contributed by atoms with Gasteiger partial charge in [-0.25, -0.2) is 4.68 Å². The molecule has 0 saturated heterocycles. The van der Waals surface area contributed by atoms with Crippen molar-refractivity contribution in [3.63, 3.8) is 0 Å². The van der Waals surface area contributed by atoms with Crippen LogP contribution in [0.3, 0.4) is 0 Å². The molecule has 3 atom stereocenters. The van der Waals surface area contributed by atoms with E-state index in [1.807, 2.05) is 42.5 Å². The summed E-state index contributed by atoms with van der Waals surface area (Å²) in [5, 5.41) is 15.7. The van der Waals surface area contributed by atoms with E-state index < -0.39 is 0 Å². The lowest BCUT2D eigenvalue weighted by atomic mass is 9.98. The number of nitrogens with zero attached hydrogens (tertiary/aromatic N) is 3. The van der Waals surface area contributed by atoms with Crippen molar-refractivity contribution in [2.24, 2.45) is 11.8 Å². The third-order valence-corrected chi connectivity index (χ3v) is 7.08. The Morgan fingerprint density at radius 1 is 1.17 bits per heavy atom. The maximum Gasteiger partial charge on any atom is 0.274 e. The van der Waals surface area contributed by atoms with Gasteiger partial charge in [-0.05, 0) is 60.9 Å². The lowest BCUT2D eigenvalue weighted by Gasteiger charge is -2.18. The van der Waals surface area contributed by atoms with Crippen LogP contribution in [0.1, 0.15) is 55.5 Å². The van der Waals surface area contributed by atoms with E-state index in [0.29, 0.717) is 23.4 Å². The second kappa shape index (κ2) is 9.86. The van der Waals surface area contributed by atoms with Crippen molar-refractivity contribution < 1.29 is 4.79 Å². The highest BCUT2D eigenvalue weighted by atomic mass is 16.1. The van der Waals surface area contributed by atoms with Gasteiger partial charge in [-0.15, -0.1) is 0 Å². The zero-order valence-corrected chi connectivity index (χ0v) is 20.2. The van der Waals surface area contributed by atoms with Gasteiger partial charge in [0, 0.05) is 28.8 Å². The van der Waals surface area contributed by atoms with Gasteiger partial charge in [-0.3, -0.25) is 14.7 Å². The van der Waals surface area contributed by atoms with Crippen molar-refractivity contribution >= 4 is 16.7 Å². The Morgan fingerprint density at radius 2 is 2.06 bits per heavy atom. The molecule has 1 aliphatic carbocycles. The van der Waals surface area contributed by atoms with Gasteiger partial charge in [0.15, 0.2) is 0 Å². The molecule has 2 heterocycles. The van der Waals surface area contributed by atoms with Crippen LogP contribution in [0.2, 0.25) is 0 Å². The summed E-state index contributed by atoms with van der Waals surface area (Å²) in [7, 11) is 0. The van der Waals surface area contributed by atoms with Gasteiger partial charge < -0.3 is 5.32 Å². The van der Waals surface area contributed by atoms with E-state index >= 15 is 0 Å². The van der Waals surface area contributed by atoms with Crippen molar-refractivity contribution in [3.8, 4) is 11.1 Å². The quantitative estimate of drug-likeness (QED) is 0.407. The SMILES string of the molecule is CC1CCC(CC(C)NC(=O)c2cccc(Cn3ncc4ccc(-c5cn[nH]c5)cc4c3=O)c2)C1. The van der Waals surface area contributed by atoms with Gasteiger partial charge in [0.2, 0.25) is 0 Å². The summed E-state index contributed by atoms with van der Waals surface area (Å²) in [6.07, 6.45) is 10.1. The summed E-state index contributed by atoms with van der Waals surface area (Å²) in [6.45, 7) is 4.69. The van der Waals surface area contributed by atoms with Crippen molar-refractivity contribution in [3.05, 3.63) is 82.5 Å². The topological polar surface area (TPSA) is 92.7 Å². The number of rotatable bonds is 7. The Bertz CT molecular complexity index is 1390. The lowest BCUT2D eigenvalue weighted by molar-refractivity contribution is 0.0935. The van der Waals surface area contributed by atoms with Gasteiger partial charge in [0.25, 0.3) is 11.5 Å². The molecule has 0 radical (unpaired) electrons. The Labute approximate surface area is 204 Å². The number of benzene rings is 2. The summed E-state index contributed by atoms with van der Waals surface area (Å²) in [5.41, 5.74) is 3.13. The minimum absolute atomic E-state index is 0.0750. The average molecular weight is 470 g/mol. The molecule has 0 spiro atoms. The van der Waals surface area contributed by atoms with Gasteiger partial charge in [-0.1, -0.05) is 44.0 Å². The first-order valence-electron chi connectivity index (χ1n) is 12.3. The summed E-state index contributed by atoms with van der Waals surface area (Å²) >= 11 is 0. The first kappa shape index (κ1) is 23.0. The van der Waals surface area contributed by atoms with Crippen LogP contribution in [-0.4, -0.2) is 31.9 Å². The maximum atomic E-state index is 13.2. The molecule has 35 heavy (non-hydrogen) atoms. The molecular formula is C28H31N5O2. The Balaban J connectivity index is 1.31. The number of carbonyl (C=O) groups excluding carboxylic acids is 1. The van der Waals surface area contributed by atoms with E-state index in [9.17, 15) is 9.59 Å². The van der Waals surface area contributed by atoms with Crippen LogP contribution < -0.4 is 10.9 Å². The number of hydrogen-bond acceptors (Lipinski definition) is 4. The van der Waals surface area contributed by atoms with E-state index in [1.54, 1.807) is 18.6 Å². The highest BCUT2D eigenvalue weighted by Gasteiger charge is 2.23. The lowest BCUT2D eigenvalue weighted by Crippen LogP contribution is -2.34. The van der Waals surface area contributed by atoms with Crippen LogP contribution in [0.4, 0.5) is 0 Å². The molecule has 0 bridgehead atoms. The second-order valence-corrected chi connectivity index (χ2v) is 9.99. The van der Waals surface area contributed by atoms with Gasteiger partial charge in [0.05, 0.1) is 24.3 Å². The number of hydrogen-bond donors (Lipinski definition) is 2. The number of carbonyl (C=O) groups is 1. The zero-order chi connectivity index (χ0) is 24.4. The van der Waals surface area contributed by atoms with E-state index in [-0.39, 0.29) is 17.5 Å². The first-order valence-corrected chi connectivity index (χ1v) is 12.3. The normalized spacial score (nSPS) is 18.6. The fraction of sp³-hybridized carbons (Fsp3) is 0.357. The summed E-state index contributed by atoms with van der Waals surface area (Å²) in [4.78, 5) is 26.1. The van der Waals surface area contributed by atoms with E-state index in [4.69, 9.17) is 0 Å². The molecule has 7 nitrogen and oxygen atoms in total. The molecule has 2 aromatic heterocycles. The maximum absolute atomic E-state index is 13.2. The van der Waals surface area contributed by atoms with E-state index in [0.717, 1.165) is 34.4 Å². The molecule has 1 amide bonds. The number of nitrogens with one attached hydrogen (secondary N) is 2. The molecule has 2 aromatic carbocycles. The standard InChI is InChI=1S/C28H31N5O2/c1-18-6-7-20(10-18)11-19(2)32-27(34)23-5-3-4-21(12-23)17-33-28(35)26-13-22(25-14-29-30-15-25)8-9-24(26)16-31-33/h3-5,8-9,12-16,18-20H,6-7,10-11,17H2,1-2H3,(H,29,30)(H,32,34). The van der Waals surface area contributed by atoms with Crippen LogP contribution in [0, 0.1) is 11.8 Å². The van der Waals surface area contributed by atoms with Crippen molar-refractivity contribution in [1.29, 1.82) is 0 Å². The fourth-order valence-corrected chi connectivity index (χ4v) is 5.27. The molecule has 4 aromatic rings. The number of fused-ring (bicyclic) bond motifs is 1. The minimum atomic E-state index is -0.165. The molecule has 2 N–H and O–H groups in total. The smallest absolute Gasteiger partial charge is 0.274 e. The van der Waals surface area contributed by atoms with E-state index in [2.05, 4.69) is 34.5 Å². The van der Waals surface area contributed by atoms with Crippen LogP contribution in [0.15, 0.2) is 65.8 Å². The van der Waals surface area contributed by atoms with Gasteiger partial charge in [0.1, 0.15) is 0 Å². The monoisotopic (exact) mass is 469 g/mol. The summed E-state index contributed by atoms with van der Waals surface area (Å²) < 4.78 is 1.45. The predicted octanol–water partition coefficient (Wildman–Crippen LogP) is 4.78. The highest BCUT2D eigenvalue weighted by Crippen LogP contribution is 2.33. The molecule has 1 aliphatic rings. The Morgan fingerprint density at radius 3 is 2.83 bits per heavy atom. The summed E-state index contributed by atoms with van der Waals surface area (Å²) in [5.74, 6) is 1.42. The van der Waals surface area contributed by atoms with Crippen molar-refractivity contribution in [2.45, 2.75) is 52.1 Å². The molecular weight excluding hydrogens is 438 g/mol. The molecule has 0 aliphatic heterocycles. The van der Waals surface area contributed by atoms with E-state index in [1.165, 1.54) is 23.9 Å². The number of amides is 1. The van der Waals surface area contributed by atoms with Crippen LogP contribution >= 0.6 is 0 Å². The molecule has 3 unspecified atom stereocenters. The molecule has 5 rings (SSSR count). The van der Waals surface area contributed by atoms with Crippen LogP contribution in [0.5, 0.6) is 0 Å². The molecule has 1 fully saturated rings. The van der Waals surface area contributed by atoms with Gasteiger partial charge >= 0.3 is 0 Å². The van der Waals surface area contributed by atoms with Crippen LogP contribution in [0.25, 0.3) is 21.9 Å². The molecule has 7 heteroatoms. The number of H-pyrrole nitrogens is 1. The zero-order valence-electron chi connectivity index (χ0n) is 20.2. The van der Waals surface area contributed by atoms with Crippen LogP contribution in [-0.2, 0) is 6.54 Å². The van der Waals surface area contributed by atoms with Gasteiger partial charge in [-0.2, -0.15) is 10.2 Å². The highest BCUT2D eigenvalue weighted by molar-refractivity contribution is 5.94. The predicted molar refractivity (Wildman–Crippen MR) is 137 cm³/mol. The number of aromatic amines is 1. The fourth-order valence-electron chi connectivity index (χ4n) is 5.27. The molecule has 180 valence electrons. The Kier molecular flexibility index (Phi) is 6.49. The minimum Gasteiger partial charge on any atom is -0.350 e. The largest absolute Gasteiger partial charge is 0.350 e. The van der Waals surface area contributed by atoms with Crippen molar-refractivity contribution in [1.82, 2.24) is 25.3 Å². The number of aromatic nitrogens is 4. The third-order valence-electron chi connectivity index (χ3n) is 7.08. The van der Waals surface area contributed by atoms with Crippen molar-refractivity contribution in [2.75, 3.05) is 0 Å². The average Bonchev–Trinajstić information content (AvgIpc) is 3.53.